The van der Waals surface area contributed by atoms with E-state index in [4.69, 9.17) is 71.1 Å². The van der Waals surface area contributed by atoms with Gasteiger partial charge in [-0.05, 0) is 71.7 Å². The molecule has 0 aromatic heterocycles. The number of ether oxygens (including phenoxy) is 15. The summed E-state index contributed by atoms with van der Waals surface area (Å²) in [7, 11) is 0. The quantitative estimate of drug-likeness (QED) is 0.0371. The molecule has 3 saturated heterocycles. The molecule has 0 amide bonds. The second-order valence-electron chi connectivity index (χ2n) is 26.1. The average molecular weight is 1350 g/mol. The minimum atomic E-state index is -1.71. The minimum Gasteiger partial charge on any atom is -0.454 e. The second-order valence-corrected chi connectivity index (χ2v) is 26.1. The molecule has 0 radical (unpaired) electrons. The molecule has 0 saturated carbocycles. The largest absolute Gasteiger partial charge is 0.454 e. The van der Waals surface area contributed by atoms with Crippen LogP contribution in [-0.2, 0) is 129 Å². The fourth-order valence-electron chi connectivity index (χ4n) is 12.2. The van der Waals surface area contributed by atoms with Crippen molar-refractivity contribution in [3.8, 4) is 0 Å². The molecule has 17 nitrogen and oxygen atoms in total. The molecule has 0 bridgehead atoms. The van der Waals surface area contributed by atoms with Crippen molar-refractivity contribution in [3.63, 3.8) is 0 Å². The third-order valence-corrected chi connectivity index (χ3v) is 17.4. The molecular formula is C82H94O17. The van der Waals surface area contributed by atoms with Crippen LogP contribution in [-0.4, -0.2) is 130 Å². The van der Waals surface area contributed by atoms with E-state index < -0.39 is 104 Å². The van der Waals surface area contributed by atoms with Crippen molar-refractivity contribution < 1.29 is 81.0 Å². The summed E-state index contributed by atoms with van der Waals surface area (Å²) in [4.78, 5) is 14.7. The van der Waals surface area contributed by atoms with E-state index in [0.29, 0.717) is 6.42 Å². The van der Waals surface area contributed by atoms with Crippen LogP contribution < -0.4 is 0 Å². The van der Waals surface area contributed by atoms with Gasteiger partial charge in [0.15, 0.2) is 25.0 Å². The summed E-state index contributed by atoms with van der Waals surface area (Å²) in [5.41, 5.74) is 6.28. The molecule has 8 aromatic rings. The van der Waals surface area contributed by atoms with Crippen LogP contribution in [0.5, 0.6) is 0 Å². The van der Waals surface area contributed by atoms with Crippen molar-refractivity contribution >= 4 is 5.97 Å². The molecule has 1 N–H and O–H groups in total. The van der Waals surface area contributed by atoms with E-state index >= 15 is 0 Å². The summed E-state index contributed by atoms with van der Waals surface area (Å²) in [5, 5.41) is 12.9. The number of carbonyl (C=O) groups excluding carboxylic acids is 1. The number of aliphatic hydroxyl groups is 1. The van der Waals surface area contributed by atoms with Crippen molar-refractivity contribution in [1.82, 2.24) is 0 Å². The van der Waals surface area contributed by atoms with E-state index in [1.807, 2.05) is 250 Å². The van der Waals surface area contributed by atoms with Crippen LogP contribution in [0.2, 0.25) is 0 Å². The fraction of sp³-hybridized carbons (Fsp3) is 0.402. The van der Waals surface area contributed by atoms with Gasteiger partial charge in [0.05, 0.1) is 78.1 Å². The van der Waals surface area contributed by atoms with Gasteiger partial charge >= 0.3 is 5.97 Å². The Morgan fingerprint density at radius 3 is 0.939 bits per heavy atom. The Morgan fingerprint density at radius 2 is 0.606 bits per heavy atom. The number of esters is 1. The number of aliphatic hydroxyl groups excluding tert-OH is 1. The lowest BCUT2D eigenvalue weighted by atomic mass is 9.94. The Balaban J connectivity index is 0.998. The zero-order valence-corrected chi connectivity index (χ0v) is 56.9. The lowest BCUT2D eigenvalue weighted by molar-refractivity contribution is -0.394. The Hall–Kier alpha value is -7.37. The summed E-state index contributed by atoms with van der Waals surface area (Å²) in [6, 6.07) is 78.6. The highest BCUT2D eigenvalue weighted by Crippen LogP contribution is 2.39. The molecular weight excluding hydrogens is 1260 g/mol. The molecule has 17 heteroatoms. The zero-order chi connectivity index (χ0) is 68.4. The third-order valence-electron chi connectivity index (χ3n) is 17.4. The number of benzene rings is 8. The van der Waals surface area contributed by atoms with Crippen molar-refractivity contribution in [2.24, 2.45) is 5.41 Å². The number of hydrogen-bond donors (Lipinski definition) is 1. The average Bonchev–Trinajstić information content (AvgIpc) is 0.767. The first-order chi connectivity index (χ1) is 48.5. The van der Waals surface area contributed by atoms with Gasteiger partial charge in [0.2, 0.25) is 0 Å². The Bertz CT molecular complexity index is 3530. The maximum atomic E-state index is 14.7. The molecule has 99 heavy (non-hydrogen) atoms. The molecule has 0 aliphatic carbocycles. The SMILES string of the molecule is CCCO[C@@H]1C(O[C@@H]2OC(COCc3ccccc3)[C@H](OCc3ccccc3)[C@H](OCc3ccccc3)C2OCc2ccccc2)[C@H](O)OC(COCc2ccccc2)[C@@H]1O[C@@H]1OC(COCc2ccccc2)[C@H](OCc2ccccc2)[C@H](OCc2ccccc2)C1OC(=O)C(C)(C)C. The normalized spacial score (nSPS) is 25.6. The maximum absolute atomic E-state index is 14.7. The van der Waals surface area contributed by atoms with Gasteiger partial charge in [0.25, 0.3) is 0 Å². The van der Waals surface area contributed by atoms with Gasteiger partial charge in [0, 0.05) is 6.61 Å². The summed E-state index contributed by atoms with van der Waals surface area (Å²) in [5.74, 6) is -0.551. The highest BCUT2D eigenvalue weighted by molar-refractivity contribution is 5.75. The first-order valence-electron chi connectivity index (χ1n) is 34.4. The fourth-order valence-corrected chi connectivity index (χ4v) is 12.2. The van der Waals surface area contributed by atoms with Crippen molar-refractivity contribution in [2.45, 2.75) is 179 Å². The molecule has 3 heterocycles. The van der Waals surface area contributed by atoms with Gasteiger partial charge in [-0.1, -0.05) is 250 Å². The van der Waals surface area contributed by atoms with Crippen LogP contribution in [0.3, 0.4) is 0 Å². The predicted molar refractivity (Wildman–Crippen MR) is 371 cm³/mol. The lowest BCUT2D eigenvalue weighted by Gasteiger charge is -2.51. The zero-order valence-electron chi connectivity index (χ0n) is 56.9. The molecule has 15 atom stereocenters. The Kier molecular flexibility index (Phi) is 27.9. The minimum absolute atomic E-state index is 0.00642. The van der Waals surface area contributed by atoms with E-state index in [0.717, 1.165) is 44.5 Å². The molecule has 11 rings (SSSR count). The topological polar surface area (TPSA) is 176 Å². The molecule has 8 aromatic carbocycles. The van der Waals surface area contributed by atoms with Crippen LogP contribution in [0.15, 0.2) is 243 Å². The number of carbonyl (C=O) groups is 1. The highest BCUT2D eigenvalue weighted by atomic mass is 16.8. The number of hydrogen-bond acceptors (Lipinski definition) is 17. The van der Waals surface area contributed by atoms with Crippen LogP contribution in [0.4, 0.5) is 0 Å². The van der Waals surface area contributed by atoms with Crippen LogP contribution in [0.1, 0.15) is 78.6 Å². The molecule has 3 aliphatic rings. The molecule has 0 spiro atoms. The summed E-state index contributed by atoms with van der Waals surface area (Å²) >= 11 is 0. The van der Waals surface area contributed by atoms with Gasteiger partial charge < -0.3 is 76.2 Å². The lowest BCUT2D eigenvalue weighted by Crippen LogP contribution is -2.68. The summed E-state index contributed by atoms with van der Waals surface area (Å²) in [6.07, 6.45) is -16.7. The molecule has 524 valence electrons. The monoisotopic (exact) mass is 1350 g/mol. The van der Waals surface area contributed by atoms with Gasteiger partial charge in [-0.15, -0.1) is 0 Å². The van der Waals surface area contributed by atoms with E-state index in [-0.39, 0.29) is 79.3 Å². The smallest absolute Gasteiger partial charge is 0.311 e. The van der Waals surface area contributed by atoms with Crippen molar-refractivity contribution in [3.05, 3.63) is 287 Å². The first kappa shape index (κ1) is 72.9. The first-order valence-corrected chi connectivity index (χ1v) is 34.4. The maximum Gasteiger partial charge on any atom is 0.311 e. The molecule has 3 aliphatic heterocycles. The van der Waals surface area contributed by atoms with E-state index in [1.165, 1.54) is 0 Å². The molecule has 6 unspecified atom stereocenters. The van der Waals surface area contributed by atoms with E-state index in [1.54, 1.807) is 20.8 Å². The van der Waals surface area contributed by atoms with Crippen LogP contribution in [0, 0.1) is 5.41 Å². The third kappa shape index (κ3) is 21.6. The van der Waals surface area contributed by atoms with Gasteiger partial charge in [-0.3, -0.25) is 4.79 Å². The van der Waals surface area contributed by atoms with Crippen molar-refractivity contribution in [2.75, 3.05) is 26.4 Å². The standard InChI is InChI=1S/C82H94O17/c1-5-46-88-74-71(97-80-77(99-81(84)82(2,3)4)73(92-53-64-42-26-12-27-43-64)70(90-51-62-38-22-10-23-39-62)67(96-80)56-86-48-59-32-16-7-17-33-59)68(57-87-49-60-34-18-8-19-35-60)94-78(83)75(74)98-79-76(93-54-65-44-28-13-29-45-65)72(91-52-63-40-24-11-25-41-63)69(89-50-61-36-20-9-21-37-61)66(95-79)55-85-47-58-30-14-6-15-31-58/h6-45,66-80,83H,5,46-57H2,1-4H3/t66?,67?,68?,69-,70-,71-,72-,73-,74-,75?,76?,77?,78+,79-,80-/m0/s1. The van der Waals surface area contributed by atoms with Gasteiger partial charge in [-0.2, -0.15) is 0 Å². The van der Waals surface area contributed by atoms with E-state index in [9.17, 15) is 9.90 Å². The highest BCUT2D eigenvalue weighted by Gasteiger charge is 2.58. The Labute approximate surface area is 582 Å². The van der Waals surface area contributed by atoms with Gasteiger partial charge in [-0.25, -0.2) is 0 Å². The summed E-state index contributed by atoms with van der Waals surface area (Å²) < 4.78 is 105. The Morgan fingerprint density at radius 1 is 0.333 bits per heavy atom. The van der Waals surface area contributed by atoms with E-state index in [2.05, 4.69) is 0 Å². The predicted octanol–water partition coefficient (Wildman–Crippen LogP) is 13.3. The van der Waals surface area contributed by atoms with Crippen LogP contribution in [0.25, 0.3) is 0 Å². The van der Waals surface area contributed by atoms with Crippen molar-refractivity contribution in [1.29, 1.82) is 0 Å². The number of rotatable bonds is 35. The van der Waals surface area contributed by atoms with Gasteiger partial charge in [0.1, 0.15) is 67.1 Å². The second kappa shape index (κ2) is 37.9. The summed E-state index contributed by atoms with van der Waals surface area (Å²) in [6.45, 7) is 8.84. The van der Waals surface area contributed by atoms with Crippen LogP contribution >= 0.6 is 0 Å². The molecule has 3 fully saturated rings.